The maximum Gasteiger partial charge on any atom is 0.290 e. The van der Waals surface area contributed by atoms with E-state index in [-0.39, 0.29) is 12.4 Å². The molecule has 9 heteroatoms. The number of ether oxygens (including phenoxy) is 1. The van der Waals surface area contributed by atoms with Crippen LogP contribution in [-0.4, -0.2) is 65.3 Å². The highest BCUT2D eigenvalue weighted by atomic mass is 35.5. The second kappa shape index (κ2) is 11.5. The van der Waals surface area contributed by atoms with Crippen LogP contribution in [0.2, 0.25) is 5.02 Å². The molecule has 1 aromatic carbocycles. The number of rotatable bonds is 7. The van der Waals surface area contributed by atoms with Gasteiger partial charge in [-0.25, -0.2) is 4.98 Å². The lowest BCUT2D eigenvalue weighted by atomic mass is 9.85. The quantitative estimate of drug-likeness (QED) is 0.523. The first-order valence-electron chi connectivity index (χ1n) is 9.36. The molecule has 2 N–H and O–H groups in total. The molecule has 0 spiro atoms. The average molecular weight is 423 g/mol. The standard InChI is InChI=1S/C19H25ClN4O2.CH2O2/c1-26-13-9-22-18(25)19(24-12-8-21-15-24)6-10-23(11-7-19)14-16-4-2-3-5-17(16)20;2-1-3/h2-5,8,12,15H,6-7,9-11,13-14H2,1H3,(H,22,25);1H,(H,2,3). The predicted molar refractivity (Wildman–Crippen MR) is 110 cm³/mol. The SMILES string of the molecule is COCCNC(=O)C1(n2ccnc2)CCN(Cc2ccccc2Cl)CC1.O=CO. The van der Waals surface area contributed by atoms with Gasteiger partial charge in [-0.15, -0.1) is 0 Å². The lowest BCUT2D eigenvalue weighted by molar-refractivity contribution is -0.133. The van der Waals surface area contributed by atoms with Crippen LogP contribution >= 0.6 is 11.6 Å². The molecular formula is C20H27ClN4O4. The molecule has 1 amide bonds. The molecule has 0 atom stereocenters. The minimum absolute atomic E-state index is 0.0324. The molecule has 3 rings (SSSR count). The summed E-state index contributed by atoms with van der Waals surface area (Å²) in [6.45, 7) is 3.20. The third-order valence-corrected chi connectivity index (χ3v) is 5.42. The highest BCUT2D eigenvalue weighted by Crippen LogP contribution is 2.31. The van der Waals surface area contributed by atoms with E-state index in [4.69, 9.17) is 26.2 Å². The van der Waals surface area contributed by atoms with Gasteiger partial charge in [0.1, 0.15) is 5.54 Å². The molecule has 1 saturated heterocycles. The Hall–Kier alpha value is -2.42. The Morgan fingerprint density at radius 2 is 2.07 bits per heavy atom. The Morgan fingerprint density at radius 1 is 1.38 bits per heavy atom. The minimum atomic E-state index is -0.596. The fourth-order valence-electron chi connectivity index (χ4n) is 3.49. The summed E-state index contributed by atoms with van der Waals surface area (Å²) >= 11 is 6.29. The van der Waals surface area contributed by atoms with E-state index in [0.29, 0.717) is 13.2 Å². The molecule has 158 valence electrons. The topological polar surface area (TPSA) is 96.7 Å². The van der Waals surface area contributed by atoms with Crippen LogP contribution in [0.1, 0.15) is 18.4 Å². The zero-order valence-electron chi connectivity index (χ0n) is 16.5. The van der Waals surface area contributed by atoms with Crippen molar-refractivity contribution in [2.24, 2.45) is 0 Å². The normalized spacial score (nSPS) is 15.8. The first kappa shape index (κ1) is 22.9. The summed E-state index contributed by atoms with van der Waals surface area (Å²) in [5.41, 5.74) is 0.523. The zero-order chi connectivity index (χ0) is 21.1. The number of imidazole rings is 1. The molecule has 0 saturated carbocycles. The third kappa shape index (κ3) is 6.03. The maximum atomic E-state index is 13.0. The number of carbonyl (C=O) groups excluding carboxylic acids is 1. The summed E-state index contributed by atoms with van der Waals surface area (Å²) in [4.78, 5) is 27.8. The summed E-state index contributed by atoms with van der Waals surface area (Å²) in [6, 6.07) is 7.91. The number of carbonyl (C=O) groups is 2. The summed E-state index contributed by atoms with van der Waals surface area (Å²) in [7, 11) is 1.63. The number of carboxylic acid groups (broad SMARTS) is 1. The van der Waals surface area contributed by atoms with E-state index < -0.39 is 5.54 Å². The number of aromatic nitrogens is 2. The van der Waals surface area contributed by atoms with Crippen LogP contribution in [0, 0.1) is 0 Å². The number of nitrogens with one attached hydrogen (secondary N) is 1. The van der Waals surface area contributed by atoms with Gasteiger partial charge < -0.3 is 19.7 Å². The van der Waals surface area contributed by atoms with Crippen molar-refractivity contribution in [3.63, 3.8) is 0 Å². The van der Waals surface area contributed by atoms with Crippen molar-refractivity contribution in [3.8, 4) is 0 Å². The molecule has 2 aromatic rings. The molecule has 2 heterocycles. The van der Waals surface area contributed by atoms with Gasteiger partial charge in [-0.2, -0.15) is 0 Å². The molecule has 0 radical (unpaired) electrons. The van der Waals surface area contributed by atoms with Gasteiger partial charge in [-0.1, -0.05) is 29.8 Å². The molecular weight excluding hydrogens is 396 g/mol. The fourth-order valence-corrected chi connectivity index (χ4v) is 3.69. The third-order valence-electron chi connectivity index (χ3n) is 5.05. The molecule has 0 unspecified atom stereocenters. The number of likely N-dealkylation sites (tertiary alicyclic amines) is 1. The highest BCUT2D eigenvalue weighted by Gasteiger charge is 2.42. The predicted octanol–water partition coefficient (Wildman–Crippen LogP) is 1.99. The molecule has 0 aliphatic carbocycles. The van der Waals surface area contributed by atoms with Gasteiger partial charge in [0, 0.05) is 50.7 Å². The van der Waals surface area contributed by atoms with Crippen molar-refractivity contribution in [1.82, 2.24) is 19.8 Å². The molecule has 0 bridgehead atoms. The van der Waals surface area contributed by atoms with E-state index in [0.717, 1.165) is 43.1 Å². The second-order valence-electron chi connectivity index (χ2n) is 6.72. The smallest absolute Gasteiger partial charge is 0.290 e. The number of hydrogen-bond donors (Lipinski definition) is 2. The van der Waals surface area contributed by atoms with Gasteiger partial charge in [0.05, 0.1) is 12.9 Å². The van der Waals surface area contributed by atoms with E-state index in [1.165, 1.54) is 0 Å². The first-order valence-corrected chi connectivity index (χ1v) is 9.74. The number of hydrogen-bond acceptors (Lipinski definition) is 5. The first-order chi connectivity index (χ1) is 14.1. The largest absolute Gasteiger partial charge is 0.483 e. The van der Waals surface area contributed by atoms with Crippen LogP contribution in [0.25, 0.3) is 0 Å². The van der Waals surface area contributed by atoms with Crippen molar-refractivity contribution in [1.29, 1.82) is 0 Å². The van der Waals surface area contributed by atoms with E-state index in [2.05, 4.69) is 21.3 Å². The second-order valence-corrected chi connectivity index (χ2v) is 7.13. The number of methoxy groups -OCH3 is 1. The molecule has 1 aromatic heterocycles. The van der Waals surface area contributed by atoms with Crippen LogP contribution in [-0.2, 0) is 26.4 Å². The van der Waals surface area contributed by atoms with Crippen molar-refractivity contribution < 1.29 is 19.4 Å². The summed E-state index contributed by atoms with van der Waals surface area (Å²) < 4.78 is 6.99. The lowest BCUT2D eigenvalue weighted by Gasteiger charge is -2.41. The lowest BCUT2D eigenvalue weighted by Crippen LogP contribution is -2.55. The van der Waals surface area contributed by atoms with Gasteiger partial charge in [0.15, 0.2) is 0 Å². The van der Waals surface area contributed by atoms with Gasteiger partial charge in [-0.3, -0.25) is 14.5 Å². The van der Waals surface area contributed by atoms with E-state index in [1.807, 2.05) is 29.0 Å². The minimum Gasteiger partial charge on any atom is -0.483 e. The number of piperidine rings is 1. The fraction of sp³-hybridized carbons (Fsp3) is 0.450. The monoisotopic (exact) mass is 422 g/mol. The summed E-state index contributed by atoms with van der Waals surface area (Å²) in [6.07, 6.45) is 6.79. The van der Waals surface area contributed by atoms with Gasteiger partial charge >= 0.3 is 0 Å². The maximum absolute atomic E-state index is 13.0. The molecule has 29 heavy (non-hydrogen) atoms. The highest BCUT2D eigenvalue weighted by molar-refractivity contribution is 6.31. The number of benzene rings is 1. The molecule has 1 fully saturated rings. The molecule has 8 nitrogen and oxygen atoms in total. The zero-order valence-corrected chi connectivity index (χ0v) is 17.2. The van der Waals surface area contributed by atoms with E-state index in [9.17, 15) is 4.79 Å². The Balaban J connectivity index is 0.000000941. The Labute approximate surface area is 175 Å². The molecule has 1 aliphatic heterocycles. The number of amides is 1. The average Bonchev–Trinajstić information content (AvgIpc) is 3.26. The van der Waals surface area contributed by atoms with Crippen molar-refractivity contribution >= 4 is 24.0 Å². The summed E-state index contributed by atoms with van der Waals surface area (Å²) in [5.74, 6) is 0.0324. The van der Waals surface area contributed by atoms with Crippen LogP contribution in [0.4, 0.5) is 0 Å². The van der Waals surface area contributed by atoms with E-state index >= 15 is 0 Å². The van der Waals surface area contributed by atoms with Gasteiger partial charge in [0.25, 0.3) is 6.47 Å². The van der Waals surface area contributed by atoms with Crippen molar-refractivity contribution in [2.45, 2.75) is 24.9 Å². The van der Waals surface area contributed by atoms with Crippen molar-refractivity contribution in [3.05, 3.63) is 53.6 Å². The van der Waals surface area contributed by atoms with Crippen LogP contribution in [0.15, 0.2) is 43.0 Å². The number of halogens is 1. The van der Waals surface area contributed by atoms with Crippen LogP contribution < -0.4 is 5.32 Å². The Bertz CT molecular complexity index is 762. The molecule has 1 aliphatic rings. The Morgan fingerprint density at radius 3 is 2.66 bits per heavy atom. The summed E-state index contributed by atoms with van der Waals surface area (Å²) in [5, 5.41) is 10.7. The van der Waals surface area contributed by atoms with Crippen molar-refractivity contribution in [2.75, 3.05) is 33.4 Å². The van der Waals surface area contributed by atoms with E-state index in [1.54, 1.807) is 19.6 Å². The van der Waals surface area contributed by atoms with Crippen LogP contribution in [0.3, 0.4) is 0 Å². The van der Waals surface area contributed by atoms with Crippen LogP contribution in [0.5, 0.6) is 0 Å². The number of nitrogens with zero attached hydrogens (tertiary/aromatic N) is 3. The van der Waals surface area contributed by atoms with Gasteiger partial charge in [-0.05, 0) is 24.5 Å². The Kier molecular flexibility index (Phi) is 9.11. The van der Waals surface area contributed by atoms with Gasteiger partial charge in [0.2, 0.25) is 5.91 Å².